The minimum Gasteiger partial charge on any atom is -0.389 e. The second kappa shape index (κ2) is 7.14. The van der Waals surface area contributed by atoms with Gasteiger partial charge in [-0.2, -0.15) is 0 Å². The molecule has 0 bridgehead atoms. The molecule has 0 aromatic rings. The summed E-state index contributed by atoms with van der Waals surface area (Å²) in [5.41, 5.74) is -0.477. The highest BCUT2D eigenvalue weighted by molar-refractivity contribution is 4.93. The lowest BCUT2D eigenvalue weighted by Gasteiger charge is -2.45. The highest BCUT2D eigenvalue weighted by Gasteiger charge is 2.38. The molecule has 2 unspecified atom stereocenters. The fourth-order valence-corrected chi connectivity index (χ4v) is 2.76. The number of aliphatic hydroxyl groups is 1. The van der Waals surface area contributed by atoms with E-state index in [1.54, 1.807) is 6.08 Å². The third-order valence-corrected chi connectivity index (χ3v) is 3.61. The Bertz CT molecular complexity index is 222. The Morgan fingerprint density at radius 3 is 2.47 bits per heavy atom. The Balaban J connectivity index is 0.000000437. The Labute approximate surface area is 105 Å². The van der Waals surface area contributed by atoms with Crippen LogP contribution in [0.2, 0.25) is 0 Å². The van der Waals surface area contributed by atoms with Gasteiger partial charge in [-0.25, -0.2) is 0 Å². The SMILES string of the molecule is C=CC.CC1(O)CCCCC1N1CCOCC1. The molecule has 0 radical (unpaired) electrons. The van der Waals surface area contributed by atoms with Crippen LogP contribution in [0.15, 0.2) is 12.7 Å². The van der Waals surface area contributed by atoms with Gasteiger partial charge in [-0.05, 0) is 26.7 Å². The van der Waals surface area contributed by atoms with Gasteiger partial charge < -0.3 is 9.84 Å². The minimum atomic E-state index is -0.477. The topological polar surface area (TPSA) is 32.7 Å². The first-order valence-electron chi connectivity index (χ1n) is 6.73. The van der Waals surface area contributed by atoms with Crippen molar-refractivity contribution < 1.29 is 9.84 Å². The van der Waals surface area contributed by atoms with E-state index in [-0.39, 0.29) is 0 Å². The van der Waals surface area contributed by atoms with Gasteiger partial charge in [0.05, 0.1) is 18.8 Å². The normalized spacial score (nSPS) is 34.6. The molecule has 2 rings (SSSR count). The van der Waals surface area contributed by atoms with Gasteiger partial charge in [0, 0.05) is 19.1 Å². The molecule has 3 heteroatoms. The number of morpholine rings is 1. The first-order chi connectivity index (χ1) is 8.11. The van der Waals surface area contributed by atoms with Crippen molar-refractivity contribution in [1.82, 2.24) is 4.90 Å². The van der Waals surface area contributed by atoms with Crippen LogP contribution in [0.25, 0.3) is 0 Å². The standard InChI is InChI=1S/C11H21NO2.C3H6/c1-11(13)5-3-2-4-10(11)12-6-8-14-9-7-12;1-3-2/h10,13H,2-9H2,1H3;3H,1H2,2H3. The lowest BCUT2D eigenvalue weighted by Crippen LogP contribution is -2.55. The highest BCUT2D eigenvalue weighted by atomic mass is 16.5. The first kappa shape index (κ1) is 14.7. The van der Waals surface area contributed by atoms with Crippen molar-refractivity contribution >= 4 is 0 Å². The van der Waals surface area contributed by atoms with Crippen molar-refractivity contribution in [2.75, 3.05) is 26.3 Å². The summed E-state index contributed by atoms with van der Waals surface area (Å²) in [5.74, 6) is 0. The van der Waals surface area contributed by atoms with Gasteiger partial charge in [-0.3, -0.25) is 4.90 Å². The van der Waals surface area contributed by atoms with Gasteiger partial charge in [0.15, 0.2) is 0 Å². The summed E-state index contributed by atoms with van der Waals surface area (Å²) in [6.45, 7) is 10.9. The van der Waals surface area contributed by atoms with E-state index in [4.69, 9.17) is 4.74 Å². The number of hydrogen-bond acceptors (Lipinski definition) is 3. The third-order valence-electron chi connectivity index (χ3n) is 3.61. The molecule has 1 saturated heterocycles. The average molecular weight is 241 g/mol. The Morgan fingerprint density at radius 2 is 1.94 bits per heavy atom. The second-order valence-electron chi connectivity index (χ2n) is 5.18. The Hall–Kier alpha value is -0.380. The lowest BCUT2D eigenvalue weighted by atomic mass is 9.80. The maximum atomic E-state index is 10.3. The van der Waals surface area contributed by atoms with Crippen LogP contribution in [-0.4, -0.2) is 48.0 Å². The zero-order chi connectivity index (χ0) is 12.7. The molecule has 1 N–H and O–H groups in total. The van der Waals surface area contributed by atoms with Gasteiger partial charge in [0.1, 0.15) is 0 Å². The highest BCUT2D eigenvalue weighted by Crippen LogP contribution is 2.32. The number of nitrogens with zero attached hydrogens (tertiary/aromatic N) is 1. The molecular formula is C14H27NO2. The van der Waals surface area contributed by atoms with E-state index >= 15 is 0 Å². The summed E-state index contributed by atoms with van der Waals surface area (Å²) in [4.78, 5) is 2.41. The smallest absolute Gasteiger partial charge is 0.0774 e. The van der Waals surface area contributed by atoms with Crippen LogP contribution in [-0.2, 0) is 4.74 Å². The van der Waals surface area contributed by atoms with Gasteiger partial charge >= 0.3 is 0 Å². The van der Waals surface area contributed by atoms with Crippen molar-refractivity contribution in [3.8, 4) is 0 Å². The van der Waals surface area contributed by atoms with Crippen LogP contribution >= 0.6 is 0 Å². The molecule has 0 aromatic carbocycles. The molecule has 1 aliphatic heterocycles. The average Bonchev–Trinajstić information content (AvgIpc) is 2.30. The third kappa shape index (κ3) is 4.41. The number of rotatable bonds is 1. The van der Waals surface area contributed by atoms with Crippen molar-refractivity contribution in [1.29, 1.82) is 0 Å². The second-order valence-corrected chi connectivity index (χ2v) is 5.18. The molecule has 2 atom stereocenters. The fourth-order valence-electron chi connectivity index (χ4n) is 2.76. The maximum absolute atomic E-state index is 10.3. The molecule has 100 valence electrons. The van der Waals surface area contributed by atoms with E-state index in [9.17, 15) is 5.11 Å². The van der Waals surface area contributed by atoms with Crippen molar-refractivity contribution in [2.24, 2.45) is 0 Å². The predicted molar refractivity (Wildman–Crippen MR) is 71.1 cm³/mol. The molecule has 1 aliphatic carbocycles. The lowest BCUT2D eigenvalue weighted by molar-refractivity contribution is -0.0867. The van der Waals surface area contributed by atoms with Crippen LogP contribution in [0, 0.1) is 0 Å². The van der Waals surface area contributed by atoms with Crippen LogP contribution < -0.4 is 0 Å². The van der Waals surface area contributed by atoms with E-state index in [0.717, 1.165) is 39.1 Å². The molecule has 0 amide bonds. The summed E-state index contributed by atoms with van der Waals surface area (Å²) < 4.78 is 5.34. The molecule has 17 heavy (non-hydrogen) atoms. The minimum absolute atomic E-state index is 0.361. The Kier molecular flexibility index (Phi) is 6.17. The summed E-state index contributed by atoms with van der Waals surface area (Å²) in [7, 11) is 0. The van der Waals surface area contributed by atoms with Crippen LogP contribution in [0.3, 0.4) is 0 Å². The van der Waals surface area contributed by atoms with Gasteiger partial charge in [0.25, 0.3) is 0 Å². The van der Waals surface area contributed by atoms with Crippen molar-refractivity contribution in [2.45, 2.75) is 51.2 Å². The number of hydrogen-bond donors (Lipinski definition) is 1. The predicted octanol–water partition coefficient (Wildman–Crippen LogP) is 2.20. The molecule has 3 nitrogen and oxygen atoms in total. The fraction of sp³-hybridized carbons (Fsp3) is 0.857. The quantitative estimate of drug-likeness (QED) is 0.714. The Morgan fingerprint density at radius 1 is 1.35 bits per heavy atom. The molecule has 0 spiro atoms. The molecule has 0 aromatic heterocycles. The molecule has 2 aliphatic rings. The van der Waals surface area contributed by atoms with Crippen molar-refractivity contribution in [3.63, 3.8) is 0 Å². The monoisotopic (exact) mass is 241 g/mol. The summed E-state index contributed by atoms with van der Waals surface area (Å²) >= 11 is 0. The summed E-state index contributed by atoms with van der Waals surface area (Å²) in [5, 5.41) is 10.3. The first-order valence-corrected chi connectivity index (χ1v) is 6.73. The maximum Gasteiger partial charge on any atom is 0.0774 e. The van der Waals surface area contributed by atoms with Gasteiger partial charge in [-0.1, -0.05) is 18.9 Å². The van der Waals surface area contributed by atoms with E-state index < -0.39 is 5.60 Å². The van der Waals surface area contributed by atoms with Crippen molar-refractivity contribution in [3.05, 3.63) is 12.7 Å². The molecule has 1 saturated carbocycles. The molecular weight excluding hydrogens is 214 g/mol. The summed E-state index contributed by atoms with van der Waals surface area (Å²) in [6.07, 6.45) is 6.29. The summed E-state index contributed by atoms with van der Waals surface area (Å²) in [6, 6.07) is 0.361. The molecule has 2 fully saturated rings. The molecule has 1 heterocycles. The number of ether oxygens (including phenoxy) is 1. The van der Waals surface area contributed by atoms with Crippen LogP contribution in [0.4, 0.5) is 0 Å². The van der Waals surface area contributed by atoms with E-state index in [1.165, 1.54) is 12.8 Å². The zero-order valence-electron chi connectivity index (χ0n) is 11.3. The van der Waals surface area contributed by atoms with Crippen LogP contribution in [0.5, 0.6) is 0 Å². The van der Waals surface area contributed by atoms with Gasteiger partial charge in [0.2, 0.25) is 0 Å². The van der Waals surface area contributed by atoms with Gasteiger partial charge in [-0.15, -0.1) is 6.58 Å². The van der Waals surface area contributed by atoms with E-state index in [2.05, 4.69) is 11.5 Å². The van der Waals surface area contributed by atoms with E-state index in [0.29, 0.717) is 6.04 Å². The van der Waals surface area contributed by atoms with E-state index in [1.807, 2.05) is 13.8 Å². The number of allylic oxidation sites excluding steroid dienone is 1. The van der Waals surface area contributed by atoms with Crippen LogP contribution in [0.1, 0.15) is 39.5 Å². The zero-order valence-corrected chi connectivity index (χ0v) is 11.3. The largest absolute Gasteiger partial charge is 0.389 e.